The number of halogens is 1. The predicted octanol–water partition coefficient (Wildman–Crippen LogP) is 3.42. The average molecular weight is 424 g/mol. The van der Waals surface area contributed by atoms with E-state index in [4.69, 9.17) is 4.99 Å². The Labute approximate surface area is 155 Å². The Morgan fingerprint density at radius 2 is 2.00 bits per heavy atom. The first-order valence-corrected chi connectivity index (χ1v) is 8.59. The number of nitrogens with zero attached hydrogens (tertiary/aromatic N) is 3. The Morgan fingerprint density at radius 3 is 2.50 bits per heavy atom. The van der Waals surface area contributed by atoms with E-state index < -0.39 is 0 Å². The predicted molar refractivity (Wildman–Crippen MR) is 108 cm³/mol. The fraction of sp³-hybridized carbons (Fsp3) is 0.941. The van der Waals surface area contributed by atoms with Crippen LogP contribution in [-0.4, -0.2) is 61.6 Å². The molecular formula is C17H37IN4. The van der Waals surface area contributed by atoms with Gasteiger partial charge in [-0.25, -0.2) is 0 Å². The summed E-state index contributed by atoms with van der Waals surface area (Å²) < 4.78 is 0. The van der Waals surface area contributed by atoms with Gasteiger partial charge in [-0.15, -0.1) is 24.0 Å². The number of guanidine groups is 1. The van der Waals surface area contributed by atoms with Gasteiger partial charge in [0.15, 0.2) is 5.96 Å². The topological polar surface area (TPSA) is 30.9 Å². The van der Waals surface area contributed by atoms with E-state index >= 15 is 0 Å². The molecule has 1 aliphatic rings. The third-order valence-corrected chi connectivity index (χ3v) is 4.37. The smallest absolute Gasteiger partial charge is 0.193 e. The standard InChI is InChI=1S/C17H36N4.HI/c1-7-18-16(21-13-10-17(4,5)14-21)19-11-8-9-12-20(6)15(2)3;/h15H,7-14H2,1-6H3,(H,18,19);1H. The Bertz CT molecular complexity index is 329. The van der Waals surface area contributed by atoms with E-state index in [0.29, 0.717) is 11.5 Å². The van der Waals surface area contributed by atoms with Crippen LogP contribution in [0.15, 0.2) is 4.99 Å². The van der Waals surface area contributed by atoms with E-state index in [0.717, 1.165) is 32.1 Å². The molecule has 0 unspecified atom stereocenters. The monoisotopic (exact) mass is 424 g/mol. The van der Waals surface area contributed by atoms with Crippen molar-refractivity contribution in [2.45, 2.75) is 59.9 Å². The van der Waals surface area contributed by atoms with E-state index in [1.54, 1.807) is 0 Å². The highest BCUT2D eigenvalue weighted by Gasteiger charge is 2.30. The Balaban J connectivity index is 0.00000441. The van der Waals surface area contributed by atoms with Gasteiger partial charge in [-0.3, -0.25) is 4.99 Å². The number of aliphatic imine (C=N–C) groups is 1. The first-order chi connectivity index (χ1) is 9.85. The second-order valence-electron chi connectivity index (χ2n) is 7.35. The zero-order chi connectivity index (χ0) is 15.9. The molecule has 0 atom stereocenters. The lowest BCUT2D eigenvalue weighted by Gasteiger charge is -2.24. The third-order valence-electron chi connectivity index (χ3n) is 4.37. The van der Waals surface area contributed by atoms with Crippen molar-refractivity contribution in [1.82, 2.24) is 15.1 Å². The molecule has 0 spiro atoms. The summed E-state index contributed by atoms with van der Waals surface area (Å²) >= 11 is 0. The van der Waals surface area contributed by atoms with Crippen molar-refractivity contribution >= 4 is 29.9 Å². The molecule has 0 aromatic carbocycles. The molecule has 1 aliphatic heterocycles. The van der Waals surface area contributed by atoms with Gasteiger partial charge in [0.1, 0.15) is 0 Å². The van der Waals surface area contributed by atoms with Crippen molar-refractivity contribution in [1.29, 1.82) is 0 Å². The second-order valence-corrected chi connectivity index (χ2v) is 7.35. The van der Waals surface area contributed by atoms with E-state index in [9.17, 15) is 0 Å². The molecule has 1 N–H and O–H groups in total. The van der Waals surface area contributed by atoms with Gasteiger partial charge in [0.25, 0.3) is 0 Å². The number of rotatable bonds is 7. The summed E-state index contributed by atoms with van der Waals surface area (Å²) in [6.07, 6.45) is 3.66. The van der Waals surface area contributed by atoms with E-state index in [2.05, 4.69) is 56.8 Å². The molecule has 1 fully saturated rings. The van der Waals surface area contributed by atoms with Crippen molar-refractivity contribution < 1.29 is 0 Å². The van der Waals surface area contributed by atoms with Crippen LogP contribution in [0.4, 0.5) is 0 Å². The minimum absolute atomic E-state index is 0. The fourth-order valence-corrected chi connectivity index (χ4v) is 2.64. The zero-order valence-electron chi connectivity index (χ0n) is 15.5. The summed E-state index contributed by atoms with van der Waals surface area (Å²) in [5, 5.41) is 3.45. The summed E-state index contributed by atoms with van der Waals surface area (Å²) in [6.45, 7) is 16.6. The molecule has 0 amide bonds. The van der Waals surface area contributed by atoms with Crippen LogP contribution in [0.1, 0.15) is 53.9 Å². The maximum absolute atomic E-state index is 4.82. The Hall–Kier alpha value is -0.0400. The summed E-state index contributed by atoms with van der Waals surface area (Å²) in [5.74, 6) is 1.11. The molecule has 0 bridgehead atoms. The molecule has 132 valence electrons. The van der Waals surface area contributed by atoms with Gasteiger partial charge in [-0.05, 0) is 59.0 Å². The van der Waals surface area contributed by atoms with Crippen molar-refractivity contribution in [3.8, 4) is 0 Å². The van der Waals surface area contributed by atoms with Crippen molar-refractivity contribution in [2.75, 3.05) is 39.8 Å². The largest absolute Gasteiger partial charge is 0.357 e. The highest BCUT2D eigenvalue weighted by atomic mass is 127. The molecule has 1 saturated heterocycles. The average Bonchev–Trinajstić information content (AvgIpc) is 2.77. The molecule has 0 aromatic rings. The number of hydrogen-bond donors (Lipinski definition) is 1. The SMILES string of the molecule is CCNC(=NCCCCN(C)C(C)C)N1CCC(C)(C)C1.I. The van der Waals surface area contributed by atoms with E-state index in [-0.39, 0.29) is 24.0 Å². The maximum atomic E-state index is 4.82. The van der Waals surface area contributed by atoms with E-state index in [1.165, 1.54) is 25.8 Å². The number of hydrogen-bond acceptors (Lipinski definition) is 2. The van der Waals surface area contributed by atoms with Crippen LogP contribution in [0.2, 0.25) is 0 Å². The van der Waals surface area contributed by atoms with E-state index in [1.807, 2.05) is 0 Å². The number of likely N-dealkylation sites (tertiary alicyclic amines) is 1. The highest BCUT2D eigenvalue weighted by Crippen LogP contribution is 2.28. The summed E-state index contributed by atoms with van der Waals surface area (Å²) in [6, 6.07) is 0.637. The lowest BCUT2D eigenvalue weighted by atomic mass is 9.93. The van der Waals surface area contributed by atoms with Crippen LogP contribution in [-0.2, 0) is 0 Å². The van der Waals surface area contributed by atoms with Crippen LogP contribution in [0.5, 0.6) is 0 Å². The number of nitrogens with one attached hydrogen (secondary N) is 1. The molecule has 22 heavy (non-hydrogen) atoms. The van der Waals surface area contributed by atoms with Crippen LogP contribution in [0.3, 0.4) is 0 Å². The minimum atomic E-state index is 0. The van der Waals surface area contributed by atoms with Gasteiger partial charge in [-0.1, -0.05) is 13.8 Å². The van der Waals surface area contributed by atoms with Gasteiger partial charge in [0, 0.05) is 32.2 Å². The van der Waals surface area contributed by atoms with Gasteiger partial charge in [0.05, 0.1) is 0 Å². The van der Waals surface area contributed by atoms with Crippen molar-refractivity contribution in [3.63, 3.8) is 0 Å². The molecule has 1 heterocycles. The van der Waals surface area contributed by atoms with Gasteiger partial charge >= 0.3 is 0 Å². The summed E-state index contributed by atoms with van der Waals surface area (Å²) in [4.78, 5) is 9.64. The van der Waals surface area contributed by atoms with Crippen molar-refractivity contribution in [2.24, 2.45) is 10.4 Å². The summed E-state index contributed by atoms with van der Waals surface area (Å²) in [7, 11) is 2.20. The van der Waals surface area contributed by atoms with Crippen LogP contribution in [0.25, 0.3) is 0 Å². The molecule has 1 rings (SSSR count). The Morgan fingerprint density at radius 1 is 1.32 bits per heavy atom. The lowest BCUT2D eigenvalue weighted by molar-refractivity contribution is 0.269. The van der Waals surface area contributed by atoms with Crippen molar-refractivity contribution in [3.05, 3.63) is 0 Å². The highest BCUT2D eigenvalue weighted by molar-refractivity contribution is 14.0. The third kappa shape index (κ3) is 7.99. The first-order valence-electron chi connectivity index (χ1n) is 8.59. The molecule has 0 aromatic heterocycles. The fourth-order valence-electron chi connectivity index (χ4n) is 2.64. The Kier molecular flexibility index (Phi) is 10.7. The maximum Gasteiger partial charge on any atom is 0.193 e. The molecule has 0 saturated carbocycles. The quantitative estimate of drug-likeness (QED) is 0.294. The summed E-state index contributed by atoms with van der Waals surface area (Å²) in [5.41, 5.74) is 0.427. The van der Waals surface area contributed by atoms with Crippen LogP contribution >= 0.6 is 24.0 Å². The molecular weight excluding hydrogens is 387 g/mol. The first kappa shape index (κ1) is 22.0. The van der Waals surface area contributed by atoms with Gasteiger partial charge in [0.2, 0.25) is 0 Å². The molecule has 0 radical (unpaired) electrons. The van der Waals surface area contributed by atoms with Gasteiger partial charge in [-0.2, -0.15) is 0 Å². The second kappa shape index (κ2) is 10.7. The van der Waals surface area contributed by atoms with Crippen LogP contribution in [0, 0.1) is 5.41 Å². The lowest BCUT2D eigenvalue weighted by Crippen LogP contribution is -2.40. The molecule has 4 nitrogen and oxygen atoms in total. The molecule has 5 heteroatoms. The normalized spacial score (nSPS) is 18.0. The molecule has 0 aliphatic carbocycles. The van der Waals surface area contributed by atoms with Gasteiger partial charge < -0.3 is 15.1 Å². The zero-order valence-corrected chi connectivity index (χ0v) is 17.8. The van der Waals surface area contributed by atoms with Crippen LogP contribution < -0.4 is 5.32 Å². The number of unbranched alkanes of at least 4 members (excludes halogenated alkanes) is 1. The minimum Gasteiger partial charge on any atom is -0.357 e.